The lowest BCUT2D eigenvalue weighted by Crippen LogP contribution is -2.30. The van der Waals surface area contributed by atoms with E-state index in [-0.39, 0.29) is 11.7 Å². The fourth-order valence-electron chi connectivity index (χ4n) is 3.41. The van der Waals surface area contributed by atoms with Crippen molar-refractivity contribution in [2.24, 2.45) is 0 Å². The van der Waals surface area contributed by atoms with Crippen molar-refractivity contribution < 1.29 is 19.2 Å². The van der Waals surface area contributed by atoms with Crippen LogP contribution < -0.4 is 5.48 Å². The number of carbonyl (C=O) groups is 2. The zero-order valence-electron chi connectivity index (χ0n) is 14.4. The molecule has 0 unspecified atom stereocenters. The molecule has 7 heteroatoms. The number of fused-ring (bicyclic) bond motifs is 2. The van der Waals surface area contributed by atoms with Gasteiger partial charge < -0.3 is 9.32 Å². The van der Waals surface area contributed by atoms with Gasteiger partial charge in [0.05, 0.1) is 0 Å². The van der Waals surface area contributed by atoms with E-state index in [2.05, 4.69) is 0 Å². The van der Waals surface area contributed by atoms with E-state index in [1.807, 2.05) is 6.07 Å². The second-order valence-corrected chi connectivity index (χ2v) is 6.98. The van der Waals surface area contributed by atoms with Gasteiger partial charge in [-0.15, -0.1) is 0 Å². The summed E-state index contributed by atoms with van der Waals surface area (Å²) in [4.78, 5) is 26.3. The quantitative estimate of drug-likeness (QED) is 0.520. The van der Waals surface area contributed by atoms with E-state index in [1.165, 1.54) is 0 Å². The first-order chi connectivity index (χ1) is 13.0. The molecular weight excluding hydrogens is 368 g/mol. The standard InChI is InChI=1S/C20H17ClN2O4/c21-16-5-6-17-15(9-16)10-18(27-17)20(25)23-7-1-2-12-8-13(19(24)22-26)3-4-14(12)11-23/h3-6,8-10,26H,1-2,7,11H2,(H,22,24). The molecule has 0 fully saturated rings. The van der Waals surface area contributed by atoms with Crippen LogP contribution >= 0.6 is 11.6 Å². The van der Waals surface area contributed by atoms with Gasteiger partial charge in [-0.1, -0.05) is 17.7 Å². The summed E-state index contributed by atoms with van der Waals surface area (Å²) < 4.78 is 5.70. The Kier molecular flexibility index (Phi) is 4.59. The largest absolute Gasteiger partial charge is 0.451 e. The molecule has 0 aliphatic carbocycles. The van der Waals surface area contributed by atoms with Crippen LogP contribution in [0.4, 0.5) is 0 Å². The molecular formula is C20H17ClN2O4. The number of furan rings is 1. The van der Waals surface area contributed by atoms with Crippen LogP contribution in [0.2, 0.25) is 5.02 Å². The number of amides is 2. The lowest BCUT2D eigenvalue weighted by molar-refractivity contribution is 0.0703. The maximum atomic E-state index is 12.9. The molecule has 2 heterocycles. The summed E-state index contributed by atoms with van der Waals surface area (Å²) in [5.74, 6) is -0.435. The minimum Gasteiger partial charge on any atom is -0.451 e. The topological polar surface area (TPSA) is 82.8 Å². The van der Waals surface area contributed by atoms with Crippen molar-refractivity contribution in [3.63, 3.8) is 0 Å². The fraction of sp³-hybridized carbons (Fsp3) is 0.200. The number of carbonyl (C=O) groups excluding carboxylic acids is 2. The van der Waals surface area contributed by atoms with E-state index >= 15 is 0 Å². The van der Waals surface area contributed by atoms with E-state index in [0.29, 0.717) is 29.3 Å². The van der Waals surface area contributed by atoms with Crippen LogP contribution in [0.1, 0.15) is 38.5 Å². The Hall–Kier alpha value is -2.83. The number of benzene rings is 2. The van der Waals surface area contributed by atoms with Gasteiger partial charge in [-0.05, 0) is 60.4 Å². The van der Waals surface area contributed by atoms with Crippen molar-refractivity contribution in [1.29, 1.82) is 0 Å². The van der Waals surface area contributed by atoms with Crippen molar-refractivity contribution in [2.75, 3.05) is 6.54 Å². The molecule has 2 amide bonds. The van der Waals surface area contributed by atoms with E-state index in [4.69, 9.17) is 21.2 Å². The molecule has 1 aliphatic heterocycles. The Bertz CT molecular complexity index is 1040. The van der Waals surface area contributed by atoms with Crippen LogP contribution in [0.3, 0.4) is 0 Å². The minimum atomic E-state index is -0.545. The molecule has 4 rings (SSSR count). The molecule has 0 saturated heterocycles. The van der Waals surface area contributed by atoms with Crippen molar-refractivity contribution in [3.8, 4) is 0 Å². The van der Waals surface area contributed by atoms with Gasteiger partial charge >= 0.3 is 0 Å². The number of hydrogen-bond acceptors (Lipinski definition) is 4. The van der Waals surface area contributed by atoms with Crippen LogP contribution in [0, 0.1) is 0 Å². The van der Waals surface area contributed by atoms with Crippen molar-refractivity contribution in [3.05, 3.63) is 69.9 Å². The monoisotopic (exact) mass is 384 g/mol. The Morgan fingerprint density at radius 2 is 1.96 bits per heavy atom. The van der Waals surface area contributed by atoms with Gasteiger partial charge in [-0.2, -0.15) is 0 Å². The highest BCUT2D eigenvalue weighted by Crippen LogP contribution is 2.26. The average Bonchev–Trinajstić information content (AvgIpc) is 2.97. The predicted molar refractivity (Wildman–Crippen MR) is 100.0 cm³/mol. The maximum Gasteiger partial charge on any atom is 0.289 e. The number of hydrogen-bond donors (Lipinski definition) is 2. The van der Waals surface area contributed by atoms with Crippen molar-refractivity contribution in [1.82, 2.24) is 10.4 Å². The van der Waals surface area contributed by atoms with Crippen LogP contribution in [-0.2, 0) is 13.0 Å². The molecule has 2 aromatic carbocycles. The van der Waals surface area contributed by atoms with Gasteiger partial charge in [0.15, 0.2) is 5.76 Å². The number of rotatable bonds is 2. The summed E-state index contributed by atoms with van der Waals surface area (Å²) in [5, 5.41) is 10.2. The van der Waals surface area contributed by atoms with Crippen LogP contribution in [0.25, 0.3) is 11.0 Å². The van der Waals surface area contributed by atoms with Crippen molar-refractivity contribution >= 4 is 34.4 Å². The highest BCUT2D eigenvalue weighted by atomic mass is 35.5. The van der Waals surface area contributed by atoms with Crippen LogP contribution in [0.15, 0.2) is 46.9 Å². The molecule has 1 aromatic heterocycles. The summed E-state index contributed by atoms with van der Waals surface area (Å²) in [6, 6.07) is 12.2. The average molecular weight is 385 g/mol. The molecule has 0 atom stereocenters. The molecule has 0 saturated carbocycles. The Balaban J connectivity index is 1.60. The van der Waals surface area contributed by atoms with Crippen LogP contribution in [-0.4, -0.2) is 28.5 Å². The van der Waals surface area contributed by atoms with E-state index in [9.17, 15) is 9.59 Å². The first-order valence-electron chi connectivity index (χ1n) is 8.60. The molecule has 0 bridgehead atoms. The summed E-state index contributed by atoms with van der Waals surface area (Å²) in [6.45, 7) is 1.03. The smallest absolute Gasteiger partial charge is 0.289 e. The number of halogens is 1. The molecule has 3 aromatic rings. The Labute approximate surface area is 160 Å². The highest BCUT2D eigenvalue weighted by molar-refractivity contribution is 6.31. The second kappa shape index (κ2) is 7.06. The molecule has 0 spiro atoms. The first kappa shape index (κ1) is 17.6. The SMILES string of the molecule is O=C(NO)c1ccc2c(c1)CCCN(C(=O)c1cc3cc(Cl)ccc3o1)C2. The normalized spacial score (nSPS) is 13.9. The van der Waals surface area contributed by atoms with Gasteiger partial charge in [0, 0.05) is 29.1 Å². The molecule has 138 valence electrons. The number of aryl methyl sites for hydroxylation is 1. The number of nitrogens with one attached hydrogen (secondary N) is 1. The summed E-state index contributed by atoms with van der Waals surface area (Å²) in [7, 11) is 0. The zero-order valence-corrected chi connectivity index (χ0v) is 15.1. The third kappa shape index (κ3) is 3.41. The van der Waals surface area contributed by atoms with E-state index in [1.54, 1.807) is 46.8 Å². The minimum absolute atomic E-state index is 0.174. The zero-order chi connectivity index (χ0) is 19.0. The molecule has 0 radical (unpaired) electrons. The maximum absolute atomic E-state index is 12.9. The third-order valence-electron chi connectivity index (χ3n) is 4.78. The molecule has 6 nitrogen and oxygen atoms in total. The van der Waals surface area contributed by atoms with Gasteiger partial charge in [-0.3, -0.25) is 14.8 Å². The molecule has 1 aliphatic rings. The first-order valence-corrected chi connectivity index (χ1v) is 8.97. The van der Waals surface area contributed by atoms with E-state index in [0.717, 1.165) is 29.4 Å². The fourth-order valence-corrected chi connectivity index (χ4v) is 3.59. The Morgan fingerprint density at radius 1 is 1.11 bits per heavy atom. The highest BCUT2D eigenvalue weighted by Gasteiger charge is 2.23. The number of nitrogens with zero attached hydrogens (tertiary/aromatic N) is 1. The molecule has 27 heavy (non-hydrogen) atoms. The van der Waals surface area contributed by atoms with Crippen molar-refractivity contribution in [2.45, 2.75) is 19.4 Å². The van der Waals surface area contributed by atoms with Crippen LogP contribution in [0.5, 0.6) is 0 Å². The second-order valence-electron chi connectivity index (χ2n) is 6.55. The lowest BCUT2D eigenvalue weighted by atomic mass is 10.0. The number of hydroxylamine groups is 1. The third-order valence-corrected chi connectivity index (χ3v) is 5.02. The Morgan fingerprint density at radius 3 is 2.78 bits per heavy atom. The van der Waals surface area contributed by atoms with Gasteiger partial charge in [-0.25, -0.2) is 5.48 Å². The summed E-state index contributed by atoms with van der Waals surface area (Å²) in [6.07, 6.45) is 1.52. The predicted octanol–water partition coefficient (Wildman–Crippen LogP) is 3.79. The molecule has 2 N–H and O–H groups in total. The van der Waals surface area contributed by atoms with Gasteiger partial charge in [0.25, 0.3) is 11.8 Å². The van der Waals surface area contributed by atoms with Gasteiger partial charge in [0.2, 0.25) is 0 Å². The lowest BCUT2D eigenvalue weighted by Gasteiger charge is -2.19. The van der Waals surface area contributed by atoms with Gasteiger partial charge in [0.1, 0.15) is 5.58 Å². The van der Waals surface area contributed by atoms with E-state index < -0.39 is 5.91 Å². The summed E-state index contributed by atoms with van der Waals surface area (Å²) in [5.41, 5.74) is 4.64. The summed E-state index contributed by atoms with van der Waals surface area (Å²) >= 11 is 6.00.